The molecule has 0 spiro atoms. The highest BCUT2D eigenvalue weighted by atomic mass is 16.5. The van der Waals surface area contributed by atoms with Crippen molar-refractivity contribution in [2.24, 2.45) is 5.92 Å². The van der Waals surface area contributed by atoms with Gasteiger partial charge in [-0.2, -0.15) is 0 Å². The first-order valence-electron chi connectivity index (χ1n) is 8.47. The van der Waals surface area contributed by atoms with Crippen molar-refractivity contribution in [2.75, 3.05) is 26.3 Å². The Kier molecular flexibility index (Phi) is 6.86. The molecular weight excluding hydrogens is 292 g/mol. The molecule has 1 aliphatic heterocycles. The molecule has 5 heteroatoms. The largest absolute Gasteiger partial charge is 0.494 e. The molecule has 1 aliphatic rings. The van der Waals surface area contributed by atoms with Gasteiger partial charge in [0.25, 0.3) is 0 Å². The number of carbonyl (C=O) groups excluding carboxylic acids is 1. The van der Waals surface area contributed by atoms with Gasteiger partial charge in [-0.25, -0.2) is 0 Å². The number of aliphatic hydroxyl groups is 1. The Hall–Kier alpha value is -1.59. The van der Waals surface area contributed by atoms with Crippen molar-refractivity contribution in [1.82, 2.24) is 10.2 Å². The molecule has 128 valence electrons. The monoisotopic (exact) mass is 320 g/mol. The van der Waals surface area contributed by atoms with Crippen LogP contribution in [0.3, 0.4) is 0 Å². The number of amides is 1. The van der Waals surface area contributed by atoms with Crippen molar-refractivity contribution in [3.8, 4) is 5.75 Å². The zero-order valence-corrected chi connectivity index (χ0v) is 14.1. The fourth-order valence-electron chi connectivity index (χ4n) is 3.18. The van der Waals surface area contributed by atoms with E-state index in [0.29, 0.717) is 25.6 Å². The fourth-order valence-corrected chi connectivity index (χ4v) is 3.18. The van der Waals surface area contributed by atoms with Gasteiger partial charge in [-0.1, -0.05) is 19.1 Å². The molecule has 23 heavy (non-hydrogen) atoms. The predicted octanol–water partition coefficient (Wildman–Crippen LogP) is 1.79. The van der Waals surface area contributed by atoms with Gasteiger partial charge in [-0.15, -0.1) is 0 Å². The first kappa shape index (κ1) is 17.8. The van der Waals surface area contributed by atoms with E-state index in [-0.39, 0.29) is 18.6 Å². The molecule has 5 nitrogen and oxygen atoms in total. The van der Waals surface area contributed by atoms with Crippen molar-refractivity contribution < 1.29 is 14.6 Å². The second kappa shape index (κ2) is 8.89. The molecule has 1 saturated heterocycles. The zero-order chi connectivity index (χ0) is 16.7. The zero-order valence-electron chi connectivity index (χ0n) is 14.1. The summed E-state index contributed by atoms with van der Waals surface area (Å²) in [6, 6.07) is 7.86. The lowest BCUT2D eigenvalue weighted by molar-refractivity contribution is -0.124. The number of hydrogen-bond acceptors (Lipinski definition) is 4. The molecule has 2 N–H and O–H groups in total. The Labute approximate surface area is 138 Å². The molecule has 2 atom stereocenters. The highest BCUT2D eigenvalue weighted by Gasteiger charge is 2.28. The Bertz CT molecular complexity index is 507. The lowest BCUT2D eigenvalue weighted by atomic mass is 9.91. The molecule has 1 amide bonds. The third kappa shape index (κ3) is 5.22. The predicted molar refractivity (Wildman–Crippen MR) is 90.3 cm³/mol. The van der Waals surface area contributed by atoms with Crippen LogP contribution in [0.1, 0.15) is 32.3 Å². The van der Waals surface area contributed by atoms with Crippen LogP contribution >= 0.6 is 0 Å². The Morgan fingerprint density at radius 2 is 2.30 bits per heavy atom. The molecule has 1 fully saturated rings. The summed E-state index contributed by atoms with van der Waals surface area (Å²) in [5.41, 5.74) is 1.02. The van der Waals surface area contributed by atoms with Crippen LogP contribution in [-0.4, -0.2) is 48.3 Å². The van der Waals surface area contributed by atoms with Crippen LogP contribution in [0, 0.1) is 5.92 Å². The van der Waals surface area contributed by atoms with Gasteiger partial charge in [0.05, 0.1) is 19.8 Å². The quantitative estimate of drug-likeness (QED) is 0.804. The third-order valence-electron chi connectivity index (χ3n) is 4.46. The van der Waals surface area contributed by atoms with Crippen LogP contribution in [0.25, 0.3) is 0 Å². The first-order valence-corrected chi connectivity index (χ1v) is 8.47. The van der Waals surface area contributed by atoms with Crippen LogP contribution in [0.2, 0.25) is 0 Å². The van der Waals surface area contributed by atoms with E-state index in [9.17, 15) is 9.90 Å². The van der Waals surface area contributed by atoms with Crippen LogP contribution in [0.15, 0.2) is 24.3 Å². The number of nitrogens with one attached hydrogen (secondary N) is 1. The molecule has 0 saturated carbocycles. The SMILES string of the molecule is CCOc1cccc(CNC(=O)CN2CCCC(C)C2CO)c1. The smallest absolute Gasteiger partial charge is 0.234 e. The summed E-state index contributed by atoms with van der Waals surface area (Å²) in [5.74, 6) is 1.26. The van der Waals surface area contributed by atoms with Crippen molar-refractivity contribution in [1.29, 1.82) is 0 Å². The van der Waals surface area contributed by atoms with E-state index < -0.39 is 0 Å². The molecule has 0 aliphatic carbocycles. The van der Waals surface area contributed by atoms with Crippen molar-refractivity contribution in [3.63, 3.8) is 0 Å². The van der Waals surface area contributed by atoms with Crippen molar-refractivity contribution in [3.05, 3.63) is 29.8 Å². The molecule has 1 aromatic carbocycles. The average Bonchev–Trinajstić information content (AvgIpc) is 2.54. The molecule has 1 aromatic rings. The van der Waals surface area contributed by atoms with Crippen molar-refractivity contribution in [2.45, 2.75) is 39.3 Å². The van der Waals surface area contributed by atoms with Gasteiger partial charge in [0.1, 0.15) is 5.75 Å². The van der Waals surface area contributed by atoms with E-state index in [1.165, 1.54) is 0 Å². The minimum atomic E-state index is -0.000590. The molecule has 0 bridgehead atoms. The maximum atomic E-state index is 12.2. The van der Waals surface area contributed by atoms with Gasteiger partial charge in [0.15, 0.2) is 0 Å². The standard InChI is InChI=1S/C18H28N2O3/c1-3-23-16-8-4-7-15(10-16)11-19-18(22)12-20-9-5-6-14(2)17(20)13-21/h4,7-8,10,14,17,21H,3,5-6,9,11-13H2,1-2H3,(H,19,22). The lowest BCUT2D eigenvalue weighted by Gasteiger charge is -2.38. The van der Waals surface area contributed by atoms with Gasteiger partial charge in [0.2, 0.25) is 5.91 Å². The minimum absolute atomic E-state index is 0.000590. The number of nitrogens with zero attached hydrogens (tertiary/aromatic N) is 1. The highest BCUT2D eigenvalue weighted by molar-refractivity contribution is 5.78. The van der Waals surface area contributed by atoms with E-state index in [4.69, 9.17) is 4.74 Å². The fraction of sp³-hybridized carbons (Fsp3) is 0.611. The van der Waals surface area contributed by atoms with Gasteiger partial charge in [0, 0.05) is 12.6 Å². The number of benzene rings is 1. The van der Waals surface area contributed by atoms with Gasteiger partial charge in [-0.3, -0.25) is 9.69 Å². The summed E-state index contributed by atoms with van der Waals surface area (Å²) in [4.78, 5) is 14.3. The summed E-state index contributed by atoms with van der Waals surface area (Å²) in [6.45, 7) is 6.56. The minimum Gasteiger partial charge on any atom is -0.494 e. The van der Waals surface area contributed by atoms with E-state index >= 15 is 0 Å². The topological polar surface area (TPSA) is 61.8 Å². The molecular formula is C18H28N2O3. The third-order valence-corrected chi connectivity index (χ3v) is 4.46. The van der Waals surface area contributed by atoms with Gasteiger partial charge < -0.3 is 15.2 Å². The second-order valence-electron chi connectivity index (χ2n) is 6.20. The first-order chi connectivity index (χ1) is 11.1. The highest BCUT2D eigenvalue weighted by Crippen LogP contribution is 2.22. The number of ether oxygens (including phenoxy) is 1. The number of likely N-dealkylation sites (tertiary alicyclic amines) is 1. The maximum absolute atomic E-state index is 12.2. The lowest BCUT2D eigenvalue weighted by Crippen LogP contribution is -2.50. The Morgan fingerprint density at radius 3 is 3.04 bits per heavy atom. The van der Waals surface area contributed by atoms with Crippen LogP contribution in [0.5, 0.6) is 5.75 Å². The number of rotatable bonds is 7. The van der Waals surface area contributed by atoms with E-state index in [0.717, 1.165) is 30.7 Å². The van der Waals surface area contributed by atoms with Crippen molar-refractivity contribution >= 4 is 5.91 Å². The molecule has 0 aromatic heterocycles. The number of aliphatic hydroxyl groups excluding tert-OH is 1. The molecule has 2 rings (SSSR count). The van der Waals surface area contributed by atoms with E-state index in [1.54, 1.807) is 0 Å². The van der Waals surface area contributed by atoms with E-state index in [2.05, 4.69) is 17.1 Å². The summed E-state index contributed by atoms with van der Waals surface area (Å²) < 4.78 is 5.47. The summed E-state index contributed by atoms with van der Waals surface area (Å²) in [6.07, 6.45) is 2.20. The van der Waals surface area contributed by atoms with Crippen LogP contribution < -0.4 is 10.1 Å². The van der Waals surface area contributed by atoms with Gasteiger partial charge >= 0.3 is 0 Å². The maximum Gasteiger partial charge on any atom is 0.234 e. The summed E-state index contributed by atoms with van der Waals surface area (Å²) in [7, 11) is 0. The summed E-state index contributed by atoms with van der Waals surface area (Å²) in [5, 5.41) is 12.5. The van der Waals surface area contributed by atoms with Gasteiger partial charge in [-0.05, 0) is 49.9 Å². The van der Waals surface area contributed by atoms with E-state index in [1.807, 2.05) is 31.2 Å². The number of hydrogen-bond donors (Lipinski definition) is 2. The summed E-state index contributed by atoms with van der Waals surface area (Å²) >= 11 is 0. The average molecular weight is 320 g/mol. The Balaban J connectivity index is 1.83. The molecule has 2 unspecified atom stereocenters. The molecule has 0 radical (unpaired) electrons. The number of carbonyl (C=O) groups is 1. The Morgan fingerprint density at radius 1 is 1.48 bits per heavy atom. The molecule has 1 heterocycles. The van der Waals surface area contributed by atoms with Crippen LogP contribution in [0.4, 0.5) is 0 Å². The van der Waals surface area contributed by atoms with Crippen LogP contribution in [-0.2, 0) is 11.3 Å². The normalized spacial score (nSPS) is 21.9. The second-order valence-corrected chi connectivity index (χ2v) is 6.20. The number of piperidine rings is 1.